The predicted octanol–water partition coefficient (Wildman–Crippen LogP) is 3.58. The van der Waals surface area contributed by atoms with Crippen LogP contribution in [0.5, 0.6) is 0 Å². The number of fused-ring (bicyclic) bond motifs is 1. The quantitative estimate of drug-likeness (QED) is 0.461. The number of aliphatic hydroxyl groups is 1. The van der Waals surface area contributed by atoms with Gasteiger partial charge in [-0.2, -0.15) is 0 Å². The summed E-state index contributed by atoms with van der Waals surface area (Å²) in [4.78, 5) is 23.9. The monoisotopic (exact) mass is 376 g/mol. The van der Waals surface area contributed by atoms with Crippen LogP contribution in [0.15, 0.2) is 35.5 Å². The lowest BCUT2D eigenvalue weighted by molar-refractivity contribution is -0.160. The third kappa shape index (κ3) is 4.03. The van der Waals surface area contributed by atoms with E-state index in [9.17, 15) is 14.7 Å². The lowest BCUT2D eigenvalue weighted by Gasteiger charge is -2.46. The number of allylic oxidation sites excluding steroid dienone is 2. The van der Waals surface area contributed by atoms with Gasteiger partial charge in [0, 0.05) is 18.4 Å². The Morgan fingerprint density at radius 2 is 1.85 bits per heavy atom. The Kier molecular flexibility index (Phi) is 6.68. The van der Waals surface area contributed by atoms with Crippen molar-refractivity contribution in [2.75, 3.05) is 0 Å². The number of carbonyl (C=O) groups excluding carboxylic acids is 2. The number of hydrogen-bond donors (Lipinski definition) is 1. The van der Waals surface area contributed by atoms with E-state index in [-0.39, 0.29) is 35.7 Å². The van der Waals surface area contributed by atoms with Crippen LogP contribution < -0.4 is 0 Å². The second-order valence-electron chi connectivity index (χ2n) is 7.94. The fraction of sp³-hybridized carbons (Fsp3) is 0.636. The van der Waals surface area contributed by atoms with Gasteiger partial charge in [0.15, 0.2) is 0 Å². The summed E-state index contributed by atoms with van der Waals surface area (Å²) in [5.74, 6) is -0.641. The molecule has 27 heavy (non-hydrogen) atoms. The van der Waals surface area contributed by atoms with Crippen molar-refractivity contribution in [3.8, 4) is 0 Å². The van der Waals surface area contributed by atoms with Gasteiger partial charge in [-0.1, -0.05) is 32.6 Å². The molecule has 6 unspecified atom stereocenters. The molecular weight excluding hydrogens is 344 g/mol. The van der Waals surface area contributed by atoms with Gasteiger partial charge in [0.25, 0.3) is 0 Å². The topological polar surface area (TPSA) is 72.8 Å². The summed E-state index contributed by atoms with van der Waals surface area (Å²) in [7, 11) is 0. The van der Waals surface area contributed by atoms with E-state index in [1.807, 2.05) is 13.0 Å². The minimum absolute atomic E-state index is 0.000663. The maximum atomic E-state index is 12.4. The highest BCUT2D eigenvalue weighted by atomic mass is 16.6. The summed E-state index contributed by atoms with van der Waals surface area (Å²) in [6, 6.07) is 0. The molecule has 2 aliphatic carbocycles. The van der Waals surface area contributed by atoms with Crippen LogP contribution in [0.25, 0.3) is 0 Å². The highest BCUT2D eigenvalue weighted by molar-refractivity contribution is 5.87. The molecule has 0 heterocycles. The zero-order valence-corrected chi connectivity index (χ0v) is 17.2. The van der Waals surface area contributed by atoms with Crippen LogP contribution in [0, 0.1) is 23.7 Å². The molecule has 2 saturated carbocycles. The zero-order chi connectivity index (χ0) is 20.5. The molecule has 0 aromatic rings. The van der Waals surface area contributed by atoms with Crippen LogP contribution in [0.1, 0.15) is 48.0 Å². The van der Waals surface area contributed by atoms with E-state index in [2.05, 4.69) is 20.4 Å². The zero-order valence-electron chi connectivity index (χ0n) is 17.2. The van der Waals surface area contributed by atoms with E-state index >= 15 is 0 Å². The van der Waals surface area contributed by atoms with Gasteiger partial charge in [-0.05, 0) is 56.1 Å². The van der Waals surface area contributed by atoms with Crippen molar-refractivity contribution in [1.29, 1.82) is 0 Å². The Bertz CT molecular complexity index is 672. The molecule has 2 fully saturated rings. The van der Waals surface area contributed by atoms with Crippen molar-refractivity contribution in [2.45, 2.75) is 66.3 Å². The van der Waals surface area contributed by atoms with Gasteiger partial charge in [-0.25, -0.2) is 4.79 Å². The minimum Gasteiger partial charge on any atom is -0.458 e. The minimum atomic E-state index is -0.929. The first-order valence-corrected chi connectivity index (χ1v) is 9.67. The standard InChI is InChI=1S/C22H32O5/c1-8-12(5)22(25)27-21-18(11(3)4)19-15(9-2)17(26-14(7)23)10-16(19)13(6)20(21)24/h8-9,11,16-21,24H,6,10H2,1-5,7H3. The van der Waals surface area contributed by atoms with Gasteiger partial charge in [0.2, 0.25) is 0 Å². The molecule has 0 radical (unpaired) electrons. The molecule has 5 nitrogen and oxygen atoms in total. The summed E-state index contributed by atoms with van der Waals surface area (Å²) in [5.41, 5.74) is 2.19. The van der Waals surface area contributed by atoms with E-state index in [1.54, 1.807) is 19.9 Å². The first-order chi connectivity index (χ1) is 12.6. The number of ether oxygens (including phenoxy) is 2. The Morgan fingerprint density at radius 3 is 2.33 bits per heavy atom. The number of esters is 2. The van der Waals surface area contributed by atoms with E-state index in [1.165, 1.54) is 6.92 Å². The molecule has 0 aromatic carbocycles. The first kappa shape index (κ1) is 21.4. The van der Waals surface area contributed by atoms with Gasteiger partial charge in [0.05, 0.1) is 0 Å². The Labute approximate surface area is 162 Å². The van der Waals surface area contributed by atoms with Gasteiger partial charge >= 0.3 is 11.9 Å². The third-order valence-electron chi connectivity index (χ3n) is 6.03. The molecule has 150 valence electrons. The van der Waals surface area contributed by atoms with Crippen molar-refractivity contribution >= 4 is 11.9 Å². The SMILES string of the molecule is C=C1C(O)C(OC(=O)C(C)=CC)C(C(C)C)C2C(=CC)C(OC(C)=O)CC12. The normalized spacial score (nSPS) is 35.3. The Balaban J connectivity index is 2.44. The maximum absolute atomic E-state index is 12.4. The highest BCUT2D eigenvalue weighted by Crippen LogP contribution is 2.54. The average molecular weight is 376 g/mol. The second kappa shape index (κ2) is 8.42. The molecule has 6 atom stereocenters. The smallest absolute Gasteiger partial charge is 0.333 e. The molecular formula is C22H32O5. The van der Waals surface area contributed by atoms with Crippen LogP contribution in [-0.2, 0) is 19.1 Å². The van der Waals surface area contributed by atoms with Crippen LogP contribution in [0.4, 0.5) is 0 Å². The van der Waals surface area contributed by atoms with Crippen molar-refractivity contribution < 1.29 is 24.2 Å². The number of aliphatic hydroxyl groups excluding tert-OH is 1. The fourth-order valence-corrected chi connectivity index (χ4v) is 4.64. The van der Waals surface area contributed by atoms with E-state index in [4.69, 9.17) is 9.47 Å². The van der Waals surface area contributed by atoms with Crippen molar-refractivity contribution in [3.63, 3.8) is 0 Å². The fourth-order valence-electron chi connectivity index (χ4n) is 4.64. The van der Waals surface area contributed by atoms with Crippen molar-refractivity contribution in [1.82, 2.24) is 0 Å². The van der Waals surface area contributed by atoms with E-state index in [0.717, 1.165) is 5.57 Å². The Morgan fingerprint density at radius 1 is 1.22 bits per heavy atom. The van der Waals surface area contributed by atoms with Crippen LogP contribution in [0.3, 0.4) is 0 Å². The van der Waals surface area contributed by atoms with Crippen molar-refractivity contribution in [3.05, 3.63) is 35.5 Å². The summed E-state index contributed by atoms with van der Waals surface area (Å²) in [5, 5.41) is 10.9. The largest absolute Gasteiger partial charge is 0.458 e. The summed E-state index contributed by atoms with van der Waals surface area (Å²) in [6.07, 6.45) is 2.38. The highest BCUT2D eigenvalue weighted by Gasteiger charge is 2.55. The predicted molar refractivity (Wildman–Crippen MR) is 104 cm³/mol. The second-order valence-corrected chi connectivity index (χ2v) is 7.94. The molecule has 0 aromatic heterocycles. The number of rotatable bonds is 4. The molecule has 2 aliphatic rings. The molecule has 0 bridgehead atoms. The molecule has 0 amide bonds. The lowest BCUT2D eigenvalue weighted by Crippen LogP contribution is -2.51. The number of carbonyl (C=O) groups is 2. The number of hydrogen-bond acceptors (Lipinski definition) is 5. The van der Waals surface area contributed by atoms with Crippen LogP contribution >= 0.6 is 0 Å². The summed E-state index contributed by atoms with van der Waals surface area (Å²) < 4.78 is 11.3. The van der Waals surface area contributed by atoms with Crippen LogP contribution in [0.2, 0.25) is 0 Å². The molecule has 5 heteroatoms. The Hall–Kier alpha value is -1.88. The first-order valence-electron chi connectivity index (χ1n) is 9.67. The van der Waals surface area contributed by atoms with Crippen LogP contribution in [-0.4, -0.2) is 35.4 Å². The molecule has 2 rings (SSSR count). The lowest BCUT2D eigenvalue weighted by atomic mass is 9.64. The molecule has 0 aliphatic heterocycles. The van der Waals surface area contributed by atoms with Gasteiger partial charge < -0.3 is 14.6 Å². The molecule has 0 saturated heterocycles. The molecule has 0 spiro atoms. The van der Waals surface area contributed by atoms with Crippen molar-refractivity contribution in [2.24, 2.45) is 23.7 Å². The van der Waals surface area contributed by atoms with Gasteiger partial charge in [-0.15, -0.1) is 0 Å². The summed E-state index contributed by atoms with van der Waals surface area (Å²) >= 11 is 0. The van der Waals surface area contributed by atoms with Gasteiger partial charge in [-0.3, -0.25) is 4.79 Å². The summed E-state index contributed by atoms with van der Waals surface area (Å²) in [6.45, 7) is 15.1. The van der Waals surface area contributed by atoms with E-state index in [0.29, 0.717) is 17.6 Å². The average Bonchev–Trinajstić information content (AvgIpc) is 2.95. The maximum Gasteiger partial charge on any atom is 0.333 e. The molecule has 1 N–H and O–H groups in total. The van der Waals surface area contributed by atoms with Gasteiger partial charge in [0.1, 0.15) is 18.3 Å². The van der Waals surface area contributed by atoms with E-state index < -0.39 is 18.2 Å². The third-order valence-corrected chi connectivity index (χ3v) is 6.03.